The number of pyridine rings is 1. The van der Waals surface area contributed by atoms with Crippen LogP contribution >= 0.6 is 0 Å². The van der Waals surface area contributed by atoms with Crippen molar-refractivity contribution in [3.63, 3.8) is 0 Å². The van der Waals surface area contributed by atoms with Gasteiger partial charge in [0.15, 0.2) is 5.03 Å². The summed E-state index contributed by atoms with van der Waals surface area (Å²) in [7, 11) is -3.79. The molecule has 0 aromatic carbocycles. The number of hydrogen-bond acceptors (Lipinski definition) is 6. The first-order valence-electron chi connectivity index (χ1n) is 7.47. The van der Waals surface area contributed by atoms with Gasteiger partial charge in [0.25, 0.3) is 10.0 Å². The van der Waals surface area contributed by atoms with Crippen molar-refractivity contribution in [2.45, 2.75) is 56.3 Å². The van der Waals surface area contributed by atoms with Crippen molar-refractivity contribution in [3.05, 3.63) is 23.9 Å². The minimum atomic E-state index is -3.79. The summed E-state index contributed by atoms with van der Waals surface area (Å²) in [5.41, 5.74) is -0.352. The highest BCUT2D eigenvalue weighted by Crippen LogP contribution is 2.22. The number of carbonyl (C=O) groups is 1. The van der Waals surface area contributed by atoms with Crippen LogP contribution in [-0.2, 0) is 14.8 Å². The van der Waals surface area contributed by atoms with E-state index in [0.29, 0.717) is 12.8 Å². The number of carbonyl (C=O) groups excluding carboxylic acids is 1. The molecule has 0 spiro atoms. The summed E-state index contributed by atoms with van der Waals surface area (Å²) in [6, 6.07) is 4.10. The highest BCUT2D eigenvalue weighted by atomic mass is 32.2. The SMILES string of the molecule is CC(C)(C)OC(=O)N[C@H]1C[C@@H](NS(=O)(=O)c2cc(C#N)ccn2)C1. The minimum Gasteiger partial charge on any atom is -0.444 e. The Balaban J connectivity index is 1.86. The first kappa shape index (κ1) is 18.2. The molecule has 130 valence electrons. The molecule has 2 rings (SSSR count). The predicted octanol–water partition coefficient (Wildman–Crippen LogP) is 1.29. The maximum atomic E-state index is 12.2. The number of nitrogens with zero attached hydrogens (tertiary/aromatic N) is 2. The molecule has 1 aromatic heterocycles. The second-order valence-corrected chi connectivity index (χ2v) is 8.29. The minimum absolute atomic E-state index is 0.133. The second kappa shape index (κ2) is 6.75. The van der Waals surface area contributed by atoms with Gasteiger partial charge in [-0.05, 0) is 45.7 Å². The Kier molecular flexibility index (Phi) is 5.11. The van der Waals surface area contributed by atoms with E-state index in [1.807, 2.05) is 6.07 Å². The van der Waals surface area contributed by atoms with Gasteiger partial charge in [0, 0.05) is 18.3 Å². The van der Waals surface area contributed by atoms with Crippen LogP contribution in [0, 0.1) is 11.3 Å². The molecule has 1 amide bonds. The Morgan fingerprint density at radius 3 is 2.62 bits per heavy atom. The van der Waals surface area contributed by atoms with E-state index >= 15 is 0 Å². The number of hydrogen-bond donors (Lipinski definition) is 2. The average Bonchev–Trinajstić information content (AvgIpc) is 2.43. The zero-order valence-corrected chi connectivity index (χ0v) is 14.6. The molecule has 1 fully saturated rings. The largest absolute Gasteiger partial charge is 0.444 e. The highest BCUT2D eigenvalue weighted by molar-refractivity contribution is 7.89. The summed E-state index contributed by atoms with van der Waals surface area (Å²) in [6.07, 6.45) is 1.70. The summed E-state index contributed by atoms with van der Waals surface area (Å²) >= 11 is 0. The Morgan fingerprint density at radius 2 is 2.04 bits per heavy atom. The van der Waals surface area contributed by atoms with E-state index in [1.54, 1.807) is 20.8 Å². The Morgan fingerprint density at radius 1 is 1.38 bits per heavy atom. The molecular formula is C15H20N4O4S. The zero-order valence-electron chi connectivity index (χ0n) is 13.7. The third-order valence-corrected chi connectivity index (χ3v) is 4.74. The van der Waals surface area contributed by atoms with Crippen molar-refractivity contribution in [3.8, 4) is 6.07 Å². The van der Waals surface area contributed by atoms with Gasteiger partial charge in [0.2, 0.25) is 0 Å². The summed E-state index contributed by atoms with van der Waals surface area (Å²) < 4.78 is 32.1. The highest BCUT2D eigenvalue weighted by Gasteiger charge is 2.35. The van der Waals surface area contributed by atoms with Gasteiger partial charge in [-0.15, -0.1) is 0 Å². The maximum absolute atomic E-state index is 12.2. The molecule has 1 heterocycles. The topological polar surface area (TPSA) is 121 Å². The van der Waals surface area contributed by atoms with Crippen molar-refractivity contribution in [1.29, 1.82) is 5.26 Å². The van der Waals surface area contributed by atoms with Gasteiger partial charge in [-0.1, -0.05) is 0 Å². The zero-order chi connectivity index (χ0) is 18.0. The average molecular weight is 352 g/mol. The van der Waals surface area contributed by atoms with E-state index in [2.05, 4.69) is 15.0 Å². The number of aromatic nitrogens is 1. The van der Waals surface area contributed by atoms with Crippen LogP contribution in [0.15, 0.2) is 23.4 Å². The fraction of sp³-hybridized carbons (Fsp3) is 0.533. The second-order valence-electron chi connectivity index (χ2n) is 6.63. The van der Waals surface area contributed by atoms with Crippen molar-refractivity contribution in [1.82, 2.24) is 15.0 Å². The van der Waals surface area contributed by atoms with Gasteiger partial charge in [-0.25, -0.2) is 22.9 Å². The van der Waals surface area contributed by atoms with Gasteiger partial charge in [0.05, 0.1) is 11.6 Å². The van der Waals surface area contributed by atoms with Crippen LogP contribution in [0.25, 0.3) is 0 Å². The van der Waals surface area contributed by atoms with Crippen LogP contribution in [0.3, 0.4) is 0 Å². The van der Waals surface area contributed by atoms with Crippen LogP contribution in [0.4, 0.5) is 4.79 Å². The number of rotatable bonds is 4. The van der Waals surface area contributed by atoms with Crippen molar-refractivity contribution in [2.75, 3.05) is 0 Å². The summed E-state index contributed by atoms with van der Waals surface area (Å²) in [4.78, 5) is 15.4. The number of amides is 1. The van der Waals surface area contributed by atoms with Crippen molar-refractivity contribution >= 4 is 16.1 Å². The standard InChI is InChI=1S/C15H20N4O4S/c1-15(2,3)23-14(20)18-11-7-12(8-11)19-24(21,22)13-6-10(9-16)4-5-17-13/h4-6,11-12,19H,7-8H2,1-3H3,(H,18,20)/t11-,12+. The molecule has 0 bridgehead atoms. The summed E-state index contributed by atoms with van der Waals surface area (Å²) in [5.74, 6) is 0. The van der Waals surface area contributed by atoms with Gasteiger partial charge in [-0.2, -0.15) is 5.26 Å². The lowest BCUT2D eigenvalue weighted by Crippen LogP contribution is -2.54. The molecule has 1 saturated carbocycles. The molecule has 2 N–H and O–H groups in total. The Hall–Kier alpha value is -2.18. The molecular weight excluding hydrogens is 332 g/mol. The van der Waals surface area contributed by atoms with Crippen LogP contribution in [-0.4, -0.2) is 37.2 Å². The van der Waals surface area contributed by atoms with Crippen LogP contribution in [0.1, 0.15) is 39.2 Å². The van der Waals surface area contributed by atoms with Crippen LogP contribution in [0.2, 0.25) is 0 Å². The lowest BCUT2D eigenvalue weighted by molar-refractivity contribution is 0.0470. The molecule has 0 radical (unpaired) electrons. The predicted molar refractivity (Wildman–Crippen MR) is 85.5 cm³/mol. The van der Waals surface area contributed by atoms with Gasteiger partial charge in [-0.3, -0.25) is 0 Å². The third kappa shape index (κ3) is 4.91. The van der Waals surface area contributed by atoms with Gasteiger partial charge < -0.3 is 10.1 Å². The Labute approximate surface area is 141 Å². The molecule has 8 nitrogen and oxygen atoms in total. The van der Waals surface area contributed by atoms with Crippen molar-refractivity contribution < 1.29 is 17.9 Å². The smallest absolute Gasteiger partial charge is 0.407 e. The van der Waals surface area contributed by atoms with Crippen molar-refractivity contribution in [2.24, 2.45) is 0 Å². The molecule has 1 aliphatic carbocycles. The number of nitriles is 1. The molecule has 0 aliphatic heterocycles. The molecule has 0 atom stereocenters. The van der Waals surface area contributed by atoms with E-state index in [-0.39, 0.29) is 22.7 Å². The number of sulfonamides is 1. The van der Waals surface area contributed by atoms with E-state index in [1.165, 1.54) is 18.3 Å². The van der Waals surface area contributed by atoms with E-state index in [9.17, 15) is 13.2 Å². The first-order chi connectivity index (χ1) is 11.1. The molecule has 0 saturated heterocycles. The van der Waals surface area contributed by atoms with Gasteiger partial charge >= 0.3 is 6.09 Å². The van der Waals surface area contributed by atoms with E-state index < -0.39 is 21.7 Å². The maximum Gasteiger partial charge on any atom is 0.407 e. The molecule has 1 aromatic rings. The summed E-state index contributed by atoms with van der Waals surface area (Å²) in [5, 5.41) is 11.3. The number of ether oxygens (including phenoxy) is 1. The monoisotopic (exact) mass is 352 g/mol. The fourth-order valence-electron chi connectivity index (χ4n) is 2.21. The summed E-state index contributed by atoms with van der Waals surface area (Å²) in [6.45, 7) is 5.31. The molecule has 0 unspecified atom stereocenters. The normalized spacial score (nSPS) is 20.6. The lowest BCUT2D eigenvalue weighted by atomic mass is 9.88. The molecule has 9 heteroatoms. The van der Waals surface area contributed by atoms with Crippen LogP contribution < -0.4 is 10.0 Å². The number of alkyl carbamates (subject to hydrolysis) is 1. The first-order valence-corrected chi connectivity index (χ1v) is 8.95. The van der Waals surface area contributed by atoms with Gasteiger partial charge in [0.1, 0.15) is 5.60 Å². The van der Waals surface area contributed by atoms with E-state index in [0.717, 1.165) is 0 Å². The number of nitrogens with one attached hydrogen (secondary N) is 2. The quantitative estimate of drug-likeness (QED) is 0.842. The molecule has 1 aliphatic rings. The van der Waals surface area contributed by atoms with E-state index in [4.69, 9.17) is 10.00 Å². The Bertz CT molecular complexity index is 758. The lowest BCUT2D eigenvalue weighted by Gasteiger charge is -2.36. The third-order valence-electron chi connectivity index (χ3n) is 3.32. The molecule has 24 heavy (non-hydrogen) atoms. The fourth-order valence-corrected chi connectivity index (χ4v) is 3.45. The van der Waals surface area contributed by atoms with Crippen LogP contribution in [0.5, 0.6) is 0 Å².